The van der Waals surface area contributed by atoms with Gasteiger partial charge >= 0.3 is 17.3 Å². The number of β-lactam (4-membered cyclic amide) rings is 4. The Hall–Kier alpha value is -13.5. The summed E-state index contributed by atoms with van der Waals surface area (Å²) in [4.78, 5) is 124. The van der Waals surface area contributed by atoms with E-state index in [1.165, 1.54) is 83.5 Å². The van der Waals surface area contributed by atoms with Crippen LogP contribution >= 0.6 is 39.1 Å². The zero-order chi connectivity index (χ0) is 84.9. The van der Waals surface area contributed by atoms with Crippen molar-refractivity contribution < 1.29 is 71.2 Å². The summed E-state index contributed by atoms with van der Waals surface area (Å²) in [6.45, 7) is 1.83. The summed E-state index contributed by atoms with van der Waals surface area (Å²) in [6.07, 6.45) is 9.82. The maximum Gasteiger partial charge on any atom is 0.360 e. The summed E-state index contributed by atoms with van der Waals surface area (Å²) in [5.41, 5.74) is 9.87. The number of benzene rings is 4. The number of halogens is 3. The average Bonchev–Trinajstić information content (AvgIpc) is 1.79. The Morgan fingerprint density at radius 3 is 1.42 bits per heavy atom. The van der Waals surface area contributed by atoms with Crippen LogP contribution in [0.3, 0.4) is 0 Å². The lowest BCUT2D eigenvalue weighted by Crippen LogP contribution is -2.43. The molecule has 0 spiro atoms. The molecule has 4 aromatic carbocycles. The zero-order valence-electron chi connectivity index (χ0n) is 65.1. The fourth-order valence-electron chi connectivity index (χ4n) is 10.8. The highest BCUT2D eigenvalue weighted by Gasteiger charge is 2.35. The lowest BCUT2D eigenvalue weighted by atomic mass is 10.1. The number of carbonyl (C=O) groups is 7. The van der Waals surface area contributed by atoms with E-state index in [4.69, 9.17) is 52.0 Å². The van der Waals surface area contributed by atoms with Gasteiger partial charge in [-0.15, -0.1) is 20.4 Å². The van der Waals surface area contributed by atoms with E-state index in [9.17, 15) is 53.8 Å². The number of hydrogen-bond donors (Lipinski definition) is 5. The van der Waals surface area contributed by atoms with Gasteiger partial charge in [-0.25, -0.2) is 24.7 Å². The van der Waals surface area contributed by atoms with E-state index < -0.39 is 28.7 Å². The molecule has 0 bridgehead atoms. The number of rotatable bonds is 20. The molecule has 15 rings (SSSR count). The number of hydrogen-bond acceptors (Lipinski definition) is 30. The normalized spacial score (nSPS) is 14.0. The maximum absolute atomic E-state index is 12.8. The number of nitro groups is 2. The van der Waals surface area contributed by atoms with E-state index in [-0.39, 0.29) is 98.0 Å². The highest BCUT2D eigenvalue weighted by Crippen LogP contribution is 2.45. The first kappa shape index (κ1) is 78.7. The van der Waals surface area contributed by atoms with Crippen LogP contribution in [-0.2, 0) is 56.9 Å². The molecular weight excluding hydrogens is 1600 g/mol. The number of esters is 1. The molecule has 10 aromatic rings. The van der Waals surface area contributed by atoms with Crippen LogP contribution in [0.5, 0.6) is 23.0 Å². The van der Waals surface area contributed by atoms with Crippen molar-refractivity contribution in [3.63, 3.8) is 0 Å². The molecule has 0 unspecified atom stereocenters. The van der Waals surface area contributed by atoms with E-state index in [0.717, 1.165) is 31.5 Å². The van der Waals surface area contributed by atoms with E-state index >= 15 is 0 Å². The fourth-order valence-corrected chi connectivity index (χ4v) is 11.7. The van der Waals surface area contributed by atoms with Gasteiger partial charge in [0, 0.05) is 131 Å². The van der Waals surface area contributed by atoms with Gasteiger partial charge < -0.3 is 65.4 Å². The number of aromatic nitrogens is 16. The number of nitrogens with two attached hydrogens (primary N) is 1. The molecule has 6 N–H and O–H groups in total. The van der Waals surface area contributed by atoms with Crippen molar-refractivity contribution in [3.05, 3.63) is 132 Å². The van der Waals surface area contributed by atoms with Crippen LogP contribution in [0.25, 0.3) is 45.6 Å². The third kappa shape index (κ3) is 19.8. The topological polar surface area (TPSA) is 510 Å². The quantitative estimate of drug-likeness (QED) is 0.0168. The minimum absolute atomic E-state index is 0.0204. The van der Waals surface area contributed by atoms with Crippen LogP contribution in [0, 0.1) is 26.1 Å². The molecule has 4 saturated heterocycles. The number of nitrogens with zero attached hydrogens (tertiary/aromatic N) is 21. The van der Waals surface area contributed by atoms with Crippen molar-refractivity contribution >= 4 is 132 Å². The van der Waals surface area contributed by atoms with Crippen LogP contribution in [0.2, 0.25) is 10.2 Å². The fraction of sp³-hybridized carbons (Fsp3) is 0.319. The molecule has 0 radical (unpaired) electrons. The summed E-state index contributed by atoms with van der Waals surface area (Å²) < 4.78 is 54.9. The molecule has 6 amide bonds. The largest absolute Gasteiger partial charge is 0.494 e. The number of nitro benzene ring substituents is 2. The summed E-state index contributed by atoms with van der Waals surface area (Å²) in [5.74, 6) is 0.824. The van der Waals surface area contributed by atoms with E-state index in [2.05, 4.69) is 97.3 Å². The first-order chi connectivity index (χ1) is 55.7. The molecular formula is C69H73BrCl2N26O16. The molecule has 0 atom stereocenters. The van der Waals surface area contributed by atoms with Crippen LogP contribution in [0.4, 0.5) is 51.3 Å². The number of anilines is 7. The van der Waals surface area contributed by atoms with Crippen molar-refractivity contribution in [3.8, 4) is 68.5 Å². The number of aryl methyl sites for hydroxylation is 4. The van der Waals surface area contributed by atoms with E-state index in [1.54, 1.807) is 93.4 Å². The van der Waals surface area contributed by atoms with Gasteiger partial charge in [0.1, 0.15) is 25.3 Å². The third-order valence-corrected chi connectivity index (χ3v) is 17.7. The monoisotopic (exact) mass is 1670 g/mol. The predicted molar refractivity (Wildman–Crippen MR) is 414 cm³/mol. The lowest BCUT2D eigenvalue weighted by molar-refractivity contribution is -0.385. The minimum atomic E-state index is -2.78. The molecule has 4 aliphatic heterocycles. The van der Waals surface area contributed by atoms with Gasteiger partial charge in [0.2, 0.25) is 41.0 Å². The van der Waals surface area contributed by atoms with Gasteiger partial charge in [0.25, 0.3) is 5.91 Å². The van der Waals surface area contributed by atoms with Crippen molar-refractivity contribution in [2.24, 2.45) is 34.1 Å². The second kappa shape index (κ2) is 37.0. The van der Waals surface area contributed by atoms with Gasteiger partial charge in [-0.2, -0.15) is 20.4 Å². The lowest BCUT2D eigenvalue weighted by Gasteiger charge is -2.31. The predicted octanol–water partition coefficient (Wildman–Crippen LogP) is 7.04. The van der Waals surface area contributed by atoms with Gasteiger partial charge in [0.05, 0.1) is 94.9 Å². The molecule has 5 fully saturated rings. The van der Waals surface area contributed by atoms with E-state index in [0.29, 0.717) is 123 Å². The van der Waals surface area contributed by atoms with E-state index in [1.807, 2.05) is 11.4 Å². The number of nitrogen functional groups attached to an aromatic ring is 1. The molecule has 45 heteroatoms. The number of ether oxygens (including phenoxy) is 5. The summed E-state index contributed by atoms with van der Waals surface area (Å²) in [5, 5.41) is 64.4. The minimum Gasteiger partial charge on any atom is -0.494 e. The Labute approximate surface area is 669 Å². The summed E-state index contributed by atoms with van der Waals surface area (Å²) in [6, 6.07) is 15.7. The Balaban J connectivity index is 0.000000159. The molecule has 6 aromatic heterocycles. The van der Waals surface area contributed by atoms with Gasteiger partial charge in [-0.05, 0) is 62.2 Å². The molecule has 42 nitrogen and oxygen atoms in total. The summed E-state index contributed by atoms with van der Waals surface area (Å²) >= 11 is 14.4. The highest BCUT2D eigenvalue weighted by molar-refractivity contribution is 9.10. The average molecular weight is 1680 g/mol. The van der Waals surface area contributed by atoms with Gasteiger partial charge in [-0.1, -0.05) is 39.1 Å². The SMILES string of the molecule is CCOC(=O)c1nnc(Cl)cc1Cl.COc1c(-c2ncn(C)n2)cc(Br)cc1[N+](=O)[O-].COc1c(-c2ncn(C)n2)cc(N2CCC2=O)cc1[N+](=O)[O-].COc1c(N)cc(N2CCC2=O)cc1-c1ncn(C)n1.O=C1CCN1.[2H]C([2H])([2H])NC(=O)c1nnc(NC(=O)C2CC2)cc1Nc1cc(N2CCC2=O)cc(-c2ncn(C)n2)c1OC. The third-order valence-electron chi connectivity index (χ3n) is 16.8. The second-order valence-electron chi connectivity index (χ2n) is 24.6. The Bertz CT molecular complexity index is 5470. The Morgan fingerprint density at radius 2 is 1.04 bits per heavy atom. The van der Waals surface area contributed by atoms with Crippen molar-refractivity contribution in [1.29, 1.82) is 0 Å². The summed E-state index contributed by atoms with van der Waals surface area (Å²) in [7, 11) is 12.6. The number of carbonyl (C=O) groups excluding carboxylic acids is 7. The molecule has 5 aliphatic rings. The van der Waals surface area contributed by atoms with Crippen LogP contribution in [0.1, 0.15) is 70.5 Å². The standard InChI is InChI=1S/C23H25N9O4.C13H13N5O4.C13H15N5O2.C10H9BrN4O3.C7H6Cl2N2O2.C3H5NO/c1-24-23(35)19-15(10-17(28-29-19)27-22(34)12-4-5-12)26-16-9-13(32-7-6-18(32)33)8-14(20(16)36-3)21-25-11-31(2)30-21;1-16-7-14-13(15-16)9-5-8(17-4-3-11(17)19)6-10(18(20)21)12(9)22-2;1-17-7-15-13(16-17)9-5-8(18-4-3-11(18)19)6-10(14)12(9)20-2;1-14-5-12-10(13-14)7-3-6(11)4-8(15(16)17)9(7)18-2;1-2-13-7(12)6-4(8)3-5(9)10-11-6;5-3-1-2-4-3/h8-12H,4-7H2,1-3H3,(H,24,35)(H2,26,27,28,34);5-7H,3-4H2,1-2H3;5-7H,3-4,14H2,1-2H3;3-5H,1-2H3;3H,2H2,1H3;1-2H2,(H,4,5)/i1D3;;;;;. The number of amides is 6. The highest BCUT2D eigenvalue weighted by atomic mass is 79.9. The Kier molecular flexibility index (Phi) is 25.6. The molecule has 1 aliphatic carbocycles. The first-order valence-corrected chi connectivity index (χ1v) is 35.6. The van der Waals surface area contributed by atoms with Crippen LogP contribution in [-0.4, -0.2) is 199 Å². The van der Waals surface area contributed by atoms with Crippen LogP contribution in [0.15, 0.2) is 90.4 Å². The second-order valence-corrected chi connectivity index (χ2v) is 26.3. The first-order valence-electron chi connectivity index (χ1n) is 35.5. The van der Waals surface area contributed by atoms with Crippen LogP contribution < -0.4 is 60.6 Å². The Morgan fingerprint density at radius 1 is 0.596 bits per heavy atom. The van der Waals surface area contributed by atoms with Crippen molar-refractivity contribution in [2.45, 2.75) is 45.4 Å². The smallest absolute Gasteiger partial charge is 0.360 e. The molecule has 1 saturated carbocycles. The molecule has 596 valence electrons. The molecule has 114 heavy (non-hydrogen) atoms. The van der Waals surface area contributed by atoms with Gasteiger partial charge in [-0.3, -0.25) is 67.7 Å². The van der Waals surface area contributed by atoms with Crippen molar-refractivity contribution in [1.82, 2.24) is 90.1 Å². The zero-order valence-corrected chi connectivity index (χ0v) is 65.2. The maximum atomic E-state index is 12.8. The van der Waals surface area contributed by atoms with Crippen molar-refractivity contribution in [2.75, 3.05) is 99.3 Å². The number of nitrogens with one attached hydrogen (secondary N) is 4. The molecule has 10 heterocycles. The number of methoxy groups -OCH3 is 4. The van der Waals surface area contributed by atoms with Gasteiger partial charge in [0.15, 0.2) is 57.2 Å².